The largest absolute Gasteiger partial charge is 0.352 e. The molecule has 2 aliphatic carbocycles. The van der Waals surface area contributed by atoms with Gasteiger partial charge in [0.1, 0.15) is 6.17 Å². The molecule has 0 radical (unpaired) electrons. The van der Waals surface area contributed by atoms with Crippen molar-refractivity contribution in [2.24, 2.45) is 11.8 Å². The van der Waals surface area contributed by atoms with Crippen LogP contribution in [0.15, 0.2) is 0 Å². The number of nitrogens with zero attached hydrogens (tertiary/aromatic N) is 2. The normalized spacial score (nSPS) is 42.9. The Bertz CT molecular complexity index is 679. The van der Waals surface area contributed by atoms with Gasteiger partial charge in [0.2, 0.25) is 11.8 Å². The van der Waals surface area contributed by atoms with Gasteiger partial charge in [-0.25, -0.2) is 4.39 Å². The Morgan fingerprint density at radius 3 is 2.60 bits per heavy atom. The Balaban J connectivity index is 1.12. The molecule has 0 bridgehead atoms. The minimum atomic E-state index is -0.768. The summed E-state index contributed by atoms with van der Waals surface area (Å²) < 4.78 is 14.4. The molecule has 7 atom stereocenters. The molecule has 2 saturated carbocycles. The van der Waals surface area contributed by atoms with Gasteiger partial charge in [0, 0.05) is 50.6 Å². The zero-order valence-corrected chi connectivity index (χ0v) is 18.4. The van der Waals surface area contributed by atoms with Crippen molar-refractivity contribution in [3.8, 4) is 0 Å². The summed E-state index contributed by atoms with van der Waals surface area (Å²) in [6.07, 6.45) is 6.86. The number of rotatable bonds is 3. The summed E-state index contributed by atoms with van der Waals surface area (Å²) in [4.78, 5) is 29.3. The van der Waals surface area contributed by atoms with Gasteiger partial charge >= 0.3 is 0 Å². The van der Waals surface area contributed by atoms with E-state index in [1.54, 1.807) is 6.92 Å². The number of nitrogens with one attached hydrogen (secondary N) is 2. The summed E-state index contributed by atoms with van der Waals surface area (Å²) in [7, 11) is 0. The fraction of sp³-hybridized carbons (Fsp3) is 0.913. The van der Waals surface area contributed by atoms with Crippen LogP contribution in [0.4, 0.5) is 4.39 Å². The number of amides is 2. The van der Waals surface area contributed by atoms with E-state index in [1.165, 1.54) is 6.42 Å². The highest BCUT2D eigenvalue weighted by atomic mass is 19.1. The number of fused-ring (bicyclic) bond motifs is 1. The highest BCUT2D eigenvalue weighted by Crippen LogP contribution is 2.42. The third-order valence-electron chi connectivity index (χ3n) is 8.91. The van der Waals surface area contributed by atoms with Gasteiger partial charge in [-0.3, -0.25) is 14.5 Å². The van der Waals surface area contributed by atoms with Crippen molar-refractivity contribution < 1.29 is 14.0 Å². The van der Waals surface area contributed by atoms with Crippen LogP contribution in [0.5, 0.6) is 0 Å². The maximum atomic E-state index is 14.4. The second-order valence-electron chi connectivity index (χ2n) is 10.8. The van der Waals surface area contributed by atoms with Crippen LogP contribution >= 0.6 is 0 Å². The van der Waals surface area contributed by atoms with Crippen LogP contribution in [-0.4, -0.2) is 77.1 Å². The molecular weight excluding hydrogens is 383 g/mol. The number of carbonyl (C=O) groups is 2. The molecular formula is C23H37FN4O2. The van der Waals surface area contributed by atoms with Gasteiger partial charge in [-0.1, -0.05) is 6.92 Å². The lowest BCUT2D eigenvalue weighted by molar-refractivity contribution is -0.170. The number of alkyl halides is 1. The second kappa shape index (κ2) is 7.73. The molecule has 30 heavy (non-hydrogen) atoms. The Morgan fingerprint density at radius 1 is 1.13 bits per heavy atom. The predicted octanol–water partition coefficient (Wildman–Crippen LogP) is 1.84. The number of hydrogen-bond donors (Lipinski definition) is 2. The fourth-order valence-electron chi connectivity index (χ4n) is 7.06. The van der Waals surface area contributed by atoms with Crippen LogP contribution in [-0.2, 0) is 9.59 Å². The van der Waals surface area contributed by atoms with Gasteiger partial charge in [0.25, 0.3) is 0 Å². The van der Waals surface area contributed by atoms with Gasteiger partial charge in [0.05, 0.1) is 11.6 Å². The molecule has 0 aromatic rings. The summed E-state index contributed by atoms with van der Waals surface area (Å²) in [5.41, 5.74) is 0.103. The van der Waals surface area contributed by atoms with Crippen molar-refractivity contribution in [2.45, 2.75) is 101 Å². The lowest BCUT2D eigenvalue weighted by atomic mass is 9.75. The zero-order chi connectivity index (χ0) is 21.0. The molecule has 2 amide bonds. The van der Waals surface area contributed by atoms with Crippen molar-refractivity contribution >= 4 is 11.8 Å². The molecule has 7 heteroatoms. The van der Waals surface area contributed by atoms with Crippen LogP contribution in [0.3, 0.4) is 0 Å². The highest BCUT2D eigenvalue weighted by molar-refractivity contribution is 5.82. The average Bonchev–Trinajstić information content (AvgIpc) is 3.10. The van der Waals surface area contributed by atoms with Crippen molar-refractivity contribution in [3.63, 3.8) is 0 Å². The standard InChI is InChI=1S/C23H37FN4O2/c1-14-6-7-19(24)18-11-20(26-21(14)18)22(30)25-16-4-3-5-17(10-16)27-12-23(13-27)8-9-28(23)15(2)29/h14,16-21,26H,3-13H2,1-2H3,(H,25,30)/t14?,16-,17-,18?,19?,20?,21?/m1/s1. The van der Waals surface area contributed by atoms with Crippen molar-refractivity contribution in [1.29, 1.82) is 0 Å². The van der Waals surface area contributed by atoms with E-state index >= 15 is 0 Å². The first kappa shape index (κ1) is 20.7. The third kappa shape index (κ3) is 3.46. The van der Waals surface area contributed by atoms with Gasteiger partial charge in [-0.2, -0.15) is 0 Å². The molecule has 6 nitrogen and oxygen atoms in total. The quantitative estimate of drug-likeness (QED) is 0.731. The summed E-state index contributed by atoms with van der Waals surface area (Å²) in [6, 6.07) is 0.609. The topological polar surface area (TPSA) is 64.7 Å². The van der Waals surface area contributed by atoms with E-state index in [0.29, 0.717) is 24.8 Å². The molecule has 0 aromatic carbocycles. The van der Waals surface area contributed by atoms with Gasteiger partial charge in [-0.15, -0.1) is 0 Å². The van der Waals surface area contributed by atoms with Gasteiger partial charge in [-0.05, 0) is 57.3 Å². The lowest BCUT2D eigenvalue weighted by Gasteiger charge is -2.64. The maximum absolute atomic E-state index is 14.4. The monoisotopic (exact) mass is 420 g/mol. The van der Waals surface area contributed by atoms with E-state index in [9.17, 15) is 14.0 Å². The first-order valence-electron chi connectivity index (χ1n) is 12.1. The van der Waals surface area contributed by atoms with Gasteiger partial charge < -0.3 is 15.5 Å². The number of likely N-dealkylation sites (tertiary alicyclic amines) is 2. The molecule has 1 spiro atoms. The van der Waals surface area contributed by atoms with E-state index < -0.39 is 6.17 Å². The Labute approximate surface area is 179 Å². The minimum Gasteiger partial charge on any atom is -0.352 e. The predicted molar refractivity (Wildman–Crippen MR) is 113 cm³/mol. The lowest BCUT2D eigenvalue weighted by Crippen LogP contribution is -2.79. The number of carbonyl (C=O) groups excluding carboxylic acids is 2. The number of halogens is 1. The molecule has 2 N–H and O–H groups in total. The summed E-state index contributed by atoms with van der Waals surface area (Å²) >= 11 is 0. The van der Waals surface area contributed by atoms with E-state index in [0.717, 1.165) is 51.7 Å². The molecule has 3 saturated heterocycles. The van der Waals surface area contributed by atoms with Gasteiger partial charge in [0.15, 0.2) is 0 Å². The van der Waals surface area contributed by atoms with Crippen LogP contribution in [0.1, 0.15) is 65.2 Å². The van der Waals surface area contributed by atoms with E-state index in [1.807, 2.05) is 4.90 Å². The molecule has 0 aromatic heterocycles. The van der Waals surface area contributed by atoms with Crippen molar-refractivity contribution in [2.75, 3.05) is 19.6 Å². The first-order valence-corrected chi connectivity index (χ1v) is 12.1. The van der Waals surface area contributed by atoms with Crippen molar-refractivity contribution in [1.82, 2.24) is 20.4 Å². The van der Waals surface area contributed by atoms with E-state index in [-0.39, 0.29) is 41.4 Å². The molecule has 5 rings (SSSR count). The van der Waals surface area contributed by atoms with E-state index in [2.05, 4.69) is 22.5 Å². The average molecular weight is 421 g/mol. The Morgan fingerprint density at radius 2 is 1.93 bits per heavy atom. The SMILES string of the molecule is CC(=O)N1CCC12CN([C@@H]1CCC[C@@H](NC(=O)C3CC4C(F)CCC(C)C4N3)C1)C2. The molecule has 3 aliphatic heterocycles. The van der Waals surface area contributed by atoms with E-state index in [4.69, 9.17) is 0 Å². The second-order valence-corrected chi connectivity index (χ2v) is 10.8. The first-order chi connectivity index (χ1) is 14.4. The van der Waals surface area contributed by atoms with Crippen LogP contribution < -0.4 is 10.6 Å². The maximum Gasteiger partial charge on any atom is 0.237 e. The molecule has 5 unspecified atom stereocenters. The third-order valence-corrected chi connectivity index (χ3v) is 8.91. The summed E-state index contributed by atoms with van der Waals surface area (Å²) in [5.74, 6) is 0.701. The summed E-state index contributed by atoms with van der Waals surface area (Å²) in [6.45, 7) is 6.73. The van der Waals surface area contributed by atoms with Crippen LogP contribution in [0, 0.1) is 11.8 Å². The van der Waals surface area contributed by atoms with Crippen LogP contribution in [0.2, 0.25) is 0 Å². The number of hydrogen-bond acceptors (Lipinski definition) is 4. The minimum absolute atomic E-state index is 0.00687. The Hall–Kier alpha value is -1.21. The molecule has 3 heterocycles. The molecule has 168 valence electrons. The smallest absolute Gasteiger partial charge is 0.237 e. The summed E-state index contributed by atoms with van der Waals surface area (Å²) in [5, 5.41) is 6.75. The molecule has 5 fully saturated rings. The zero-order valence-electron chi connectivity index (χ0n) is 18.4. The highest BCUT2D eigenvalue weighted by Gasteiger charge is 2.56. The fourth-order valence-corrected chi connectivity index (χ4v) is 7.06. The molecule has 5 aliphatic rings. The van der Waals surface area contributed by atoms with Crippen molar-refractivity contribution in [3.05, 3.63) is 0 Å². The van der Waals surface area contributed by atoms with Crippen LogP contribution in [0.25, 0.3) is 0 Å². The Kier molecular flexibility index (Phi) is 5.33.